The molecule has 0 bridgehead atoms. The van der Waals surface area contributed by atoms with Gasteiger partial charge in [-0.3, -0.25) is 4.55 Å². The van der Waals surface area contributed by atoms with Crippen LogP contribution in [0.15, 0.2) is 0 Å². The molecule has 0 aromatic rings. The Morgan fingerprint density at radius 2 is 1.31 bits per heavy atom. The van der Waals surface area contributed by atoms with E-state index in [0.29, 0.717) is 32.1 Å². The fourth-order valence-electron chi connectivity index (χ4n) is 1.32. The van der Waals surface area contributed by atoms with Gasteiger partial charge in [-0.2, -0.15) is 21.6 Å². The van der Waals surface area contributed by atoms with Crippen molar-refractivity contribution in [3.63, 3.8) is 0 Å². The Balaban J connectivity index is 3.23. The van der Waals surface area contributed by atoms with Gasteiger partial charge in [-0.1, -0.05) is 25.7 Å². The van der Waals surface area contributed by atoms with Crippen LogP contribution < -0.4 is 0 Å². The summed E-state index contributed by atoms with van der Waals surface area (Å²) < 4.78 is 64.2. The highest BCUT2D eigenvalue weighted by Gasteiger charge is 2.25. The summed E-state index contributed by atoms with van der Waals surface area (Å²) in [5.41, 5.74) is 0. The van der Waals surface area contributed by atoms with E-state index < -0.39 is 22.7 Å². The van der Waals surface area contributed by atoms with Gasteiger partial charge in [0.1, 0.15) is 0 Å². The minimum Gasteiger partial charge on any atom is -0.286 e. The average molecular weight is 262 g/mol. The highest BCUT2D eigenvalue weighted by Crippen LogP contribution is 2.23. The third-order valence-corrected chi connectivity index (χ3v) is 2.92. The van der Waals surface area contributed by atoms with Gasteiger partial charge in [0, 0.05) is 6.42 Å². The molecule has 7 heteroatoms. The summed E-state index contributed by atoms with van der Waals surface area (Å²) in [6.07, 6.45) is -1.85. The molecule has 0 heterocycles. The Morgan fingerprint density at radius 1 is 0.875 bits per heavy atom. The van der Waals surface area contributed by atoms with Crippen LogP contribution in [0.25, 0.3) is 0 Å². The van der Waals surface area contributed by atoms with Crippen molar-refractivity contribution in [1.82, 2.24) is 0 Å². The largest absolute Gasteiger partial charge is 0.389 e. The van der Waals surface area contributed by atoms with E-state index in [9.17, 15) is 21.6 Å². The molecule has 98 valence electrons. The lowest BCUT2D eigenvalue weighted by molar-refractivity contribution is -0.135. The molecule has 0 amide bonds. The van der Waals surface area contributed by atoms with Crippen molar-refractivity contribution in [3.8, 4) is 0 Å². The maximum Gasteiger partial charge on any atom is 0.389 e. The molecular formula is C9H17F3O3S. The van der Waals surface area contributed by atoms with E-state index in [1.165, 1.54) is 0 Å². The fourth-order valence-corrected chi connectivity index (χ4v) is 1.89. The molecule has 0 aliphatic rings. The Morgan fingerprint density at radius 3 is 1.75 bits per heavy atom. The molecule has 0 fully saturated rings. The van der Waals surface area contributed by atoms with Gasteiger partial charge in [0.2, 0.25) is 0 Å². The number of halogens is 3. The van der Waals surface area contributed by atoms with E-state index in [2.05, 4.69) is 0 Å². The Hall–Kier alpha value is -0.300. The number of hydrogen-bond donors (Lipinski definition) is 1. The number of alkyl halides is 3. The molecule has 0 unspecified atom stereocenters. The van der Waals surface area contributed by atoms with Gasteiger partial charge in [-0.05, 0) is 12.8 Å². The first-order valence-electron chi connectivity index (χ1n) is 5.23. The second-order valence-corrected chi connectivity index (χ2v) is 5.34. The molecule has 3 nitrogen and oxygen atoms in total. The minimum atomic E-state index is -4.08. The summed E-state index contributed by atoms with van der Waals surface area (Å²) in [7, 11) is -3.89. The van der Waals surface area contributed by atoms with Crippen LogP contribution in [0.2, 0.25) is 0 Å². The van der Waals surface area contributed by atoms with Crippen molar-refractivity contribution < 1.29 is 26.1 Å². The SMILES string of the molecule is O=S(=O)(O)CCCCCCCCC(F)(F)F. The van der Waals surface area contributed by atoms with Crippen LogP contribution in [0.1, 0.15) is 44.9 Å². The second kappa shape index (κ2) is 7.11. The van der Waals surface area contributed by atoms with E-state index in [0.717, 1.165) is 0 Å². The first-order valence-corrected chi connectivity index (χ1v) is 6.83. The zero-order valence-corrected chi connectivity index (χ0v) is 9.78. The summed E-state index contributed by atoms with van der Waals surface area (Å²) in [5.74, 6) is -0.268. The van der Waals surface area contributed by atoms with Crippen LogP contribution in [0.3, 0.4) is 0 Å². The van der Waals surface area contributed by atoms with Gasteiger partial charge >= 0.3 is 6.18 Å². The lowest BCUT2D eigenvalue weighted by Gasteiger charge is -2.05. The highest BCUT2D eigenvalue weighted by molar-refractivity contribution is 7.85. The number of unbranched alkanes of at least 4 members (excludes halogenated alkanes) is 5. The van der Waals surface area contributed by atoms with Crippen molar-refractivity contribution in [2.75, 3.05) is 5.75 Å². The molecule has 0 aliphatic carbocycles. The normalized spacial score (nSPS) is 13.0. The van der Waals surface area contributed by atoms with E-state index in [1.54, 1.807) is 0 Å². The quantitative estimate of drug-likeness (QED) is 0.540. The highest BCUT2D eigenvalue weighted by atomic mass is 32.2. The van der Waals surface area contributed by atoms with Crippen LogP contribution in [0.5, 0.6) is 0 Å². The molecule has 0 spiro atoms. The van der Waals surface area contributed by atoms with Crippen LogP contribution >= 0.6 is 0 Å². The Labute approximate surface area is 93.8 Å². The van der Waals surface area contributed by atoms with Crippen molar-refractivity contribution in [2.24, 2.45) is 0 Å². The van der Waals surface area contributed by atoms with E-state index in [4.69, 9.17) is 4.55 Å². The molecule has 0 atom stereocenters. The van der Waals surface area contributed by atoms with Crippen molar-refractivity contribution >= 4 is 10.1 Å². The van der Waals surface area contributed by atoms with E-state index in [1.807, 2.05) is 0 Å². The smallest absolute Gasteiger partial charge is 0.286 e. The summed E-state index contributed by atoms with van der Waals surface area (Å²) >= 11 is 0. The molecule has 0 radical (unpaired) electrons. The molecular weight excluding hydrogens is 245 g/mol. The van der Waals surface area contributed by atoms with E-state index in [-0.39, 0.29) is 12.2 Å². The lowest BCUT2D eigenvalue weighted by atomic mass is 10.1. The van der Waals surface area contributed by atoms with Crippen molar-refractivity contribution in [3.05, 3.63) is 0 Å². The summed E-state index contributed by atoms with van der Waals surface area (Å²) in [5, 5.41) is 0. The molecule has 1 N–H and O–H groups in total. The zero-order chi connectivity index (χ0) is 12.7. The van der Waals surface area contributed by atoms with Crippen molar-refractivity contribution in [2.45, 2.75) is 51.1 Å². The van der Waals surface area contributed by atoms with Crippen LogP contribution in [-0.2, 0) is 10.1 Å². The summed E-state index contributed by atoms with van der Waals surface area (Å²) in [4.78, 5) is 0. The molecule has 16 heavy (non-hydrogen) atoms. The maximum atomic E-state index is 11.7. The number of rotatable bonds is 8. The van der Waals surface area contributed by atoms with Crippen LogP contribution in [-0.4, -0.2) is 24.9 Å². The monoisotopic (exact) mass is 262 g/mol. The average Bonchev–Trinajstić information content (AvgIpc) is 2.06. The van der Waals surface area contributed by atoms with Crippen molar-refractivity contribution in [1.29, 1.82) is 0 Å². The Kier molecular flexibility index (Phi) is 6.98. The van der Waals surface area contributed by atoms with Gasteiger partial charge in [0.05, 0.1) is 5.75 Å². The zero-order valence-electron chi connectivity index (χ0n) is 8.96. The maximum absolute atomic E-state index is 11.7. The molecule has 0 saturated carbocycles. The van der Waals surface area contributed by atoms with Crippen LogP contribution in [0.4, 0.5) is 13.2 Å². The lowest BCUT2D eigenvalue weighted by Crippen LogP contribution is -2.06. The molecule has 0 rings (SSSR count). The Bertz CT molecular complexity index is 272. The molecule has 0 aliphatic heterocycles. The third kappa shape index (κ3) is 13.7. The summed E-state index contributed by atoms with van der Waals surface area (Å²) in [6, 6.07) is 0. The van der Waals surface area contributed by atoms with E-state index >= 15 is 0 Å². The predicted octanol–water partition coefficient (Wildman–Crippen LogP) is 3.17. The summed E-state index contributed by atoms with van der Waals surface area (Å²) in [6.45, 7) is 0. The standard InChI is InChI=1S/C9H17F3O3S/c10-9(11,12)7-5-3-1-2-4-6-8-16(13,14)15/h1-8H2,(H,13,14,15). The molecule has 0 saturated heterocycles. The minimum absolute atomic E-state index is 0.127. The first kappa shape index (κ1) is 15.7. The number of hydrogen-bond acceptors (Lipinski definition) is 2. The van der Waals surface area contributed by atoms with Gasteiger partial charge in [-0.15, -0.1) is 0 Å². The van der Waals surface area contributed by atoms with Gasteiger partial charge in [0.25, 0.3) is 10.1 Å². The fraction of sp³-hybridized carbons (Fsp3) is 1.00. The first-order chi connectivity index (χ1) is 7.21. The van der Waals surface area contributed by atoms with Crippen LogP contribution in [0, 0.1) is 0 Å². The van der Waals surface area contributed by atoms with Gasteiger partial charge in [0.15, 0.2) is 0 Å². The predicted molar refractivity (Wildman–Crippen MR) is 54.8 cm³/mol. The third-order valence-electron chi connectivity index (χ3n) is 2.11. The van der Waals surface area contributed by atoms with Gasteiger partial charge in [-0.25, -0.2) is 0 Å². The topological polar surface area (TPSA) is 54.4 Å². The molecule has 0 aromatic heterocycles. The second-order valence-electron chi connectivity index (χ2n) is 3.77. The molecule has 0 aromatic carbocycles. The van der Waals surface area contributed by atoms with Gasteiger partial charge < -0.3 is 0 Å².